The van der Waals surface area contributed by atoms with Gasteiger partial charge in [-0.2, -0.15) is 5.10 Å². The predicted molar refractivity (Wildman–Crippen MR) is 68.6 cm³/mol. The van der Waals surface area contributed by atoms with Gasteiger partial charge >= 0.3 is 0 Å². The minimum atomic E-state index is 0.143. The third-order valence-electron chi connectivity index (χ3n) is 2.43. The highest BCUT2D eigenvalue weighted by atomic mass is 79.9. The van der Waals surface area contributed by atoms with Gasteiger partial charge in [-0.1, -0.05) is 0 Å². The Morgan fingerprint density at radius 2 is 2.38 bits per heavy atom. The average molecular weight is 301 g/mol. The molecule has 0 saturated carbocycles. The number of hydrogen-bond donors (Lipinski definition) is 1. The van der Waals surface area contributed by atoms with Gasteiger partial charge in [0.05, 0.1) is 27.9 Å². The van der Waals surface area contributed by atoms with Crippen molar-refractivity contribution in [3.05, 3.63) is 32.9 Å². The number of rotatable bonds is 4. The molecule has 0 aliphatic carbocycles. The maximum atomic E-state index is 4.33. The van der Waals surface area contributed by atoms with Crippen LogP contribution >= 0.6 is 27.3 Å². The first kappa shape index (κ1) is 11.8. The van der Waals surface area contributed by atoms with E-state index in [4.69, 9.17) is 0 Å². The monoisotopic (exact) mass is 300 g/mol. The van der Waals surface area contributed by atoms with Crippen molar-refractivity contribution in [2.75, 3.05) is 7.05 Å². The fourth-order valence-electron chi connectivity index (χ4n) is 1.69. The molecule has 0 radical (unpaired) electrons. The molecule has 0 saturated heterocycles. The van der Waals surface area contributed by atoms with E-state index in [1.165, 1.54) is 4.88 Å². The Balaban J connectivity index is 2.44. The second kappa shape index (κ2) is 5.07. The number of nitrogens with one attached hydrogen (secondary N) is 1. The van der Waals surface area contributed by atoms with E-state index in [0.717, 1.165) is 16.7 Å². The molecule has 16 heavy (non-hydrogen) atoms. The maximum Gasteiger partial charge on any atom is 0.0867 e. The molecule has 2 rings (SSSR count). The van der Waals surface area contributed by atoms with E-state index in [1.54, 1.807) is 11.3 Å². The van der Waals surface area contributed by atoms with Crippen molar-refractivity contribution < 1.29 is 0 Å². The van der Waals surface area contributed by atoms with Crippen LogP contribution in [0.15, 0.2) is 22.4 Å². The van der Waals surface area contributed by atoms with Crippen molar-refractivity contribution in [2.45, 2.75) is 19.5 Å². The van der Waals surface area contributed by atoms with Crippen molar-refractivity contribution in [3.63, 3.8) is 0 Å². The molecular weight excluding hydrogens is 288 g/mol. The van der Waals surface area contributed by atoms with Crippen molar-refractivity contribution in [3.8, 4) is 0 Å². The van der Waals surface area contributed by atoms with Crippen LogP contribution in [0.4, 0.5) is 0 Å². The van der Waals surface area contributed by atoms with E-state index in [-0.39, 0.29) is 6.04 Å². The SMILES string of the molecule is CCn1ncc(Br)c1C(NC)c1cncs1. The van der Waals surface area contributed by atoms with Crippen LogP contribution in [0.25, 0.3) is 0 Å². The summed E-state index contributed by atoms with van der Waals surface area (Å²) >= 11 is 5.19. The largest absolute Gasteiger partial charge is 0.307 e. The number of aromatic nitrogens is 3. The second-order valence-corrected chi connectivity index (χ2v) is 5.09. The number of nitrogens with zero attached hydrogens (tertiary/aromatic N) is 3. The van der Waals surface area contributed by atoms with Gasteiger partial charge in [0.1, 0.15) is 0 Å². The molecule has 4 nitrogen and oxygen atoms in total. The van der Waals surface area contributed by atoms with Gasteiger partial charge in [0.25, 0.3) is 0 Å². The van der Waals surface area contributed by atoms with Crippen molar-refractivity contribution in [1.29, 1.82) is 0 Å². The molecule has 0 spiro atoms. The van der Waals surface area contributed by atoms with Crippen LogP contribution in [0.3, 0.4) is 0 Å². The van der Waals surface area contributed by atoms with E-state index in [1.807, 2.05) is 29.6 Å². The molecule has 1 N–H and O–H groups in total. The third kappa shape index (κ3) is 2.05. The molecule has 6 heteroatoms. The normalized spacial score (nSPS) is 12.9. The van der Waals surface area contributed by atoms with Crippen molar-refractivity contribution >= 4 is 27.3 Å². The summed E-state index contributed by atoms with van der Waals surface area (Å²) in [5.41, 5.74) is 2.99. The van der Waals surface area contributed by atoms with E-state index < -0.39 is 0 Å². The molecule has 2 aromatic rings. The Bertz CT molecular complexity index is 451. The van der Waals surface area contributed by atoms with Gasteiger partial charge in [0.15, 0.2) is 0 Å². The summed E-state index contributed by atoms with van der Waals surface area (Å²) in [4.78, 5) is 5.31. The number of aryl methyl sites for hydroxylation is 1. The molecule has 86 valence electrons. The Morgan fingerprint density at radius 3 is 2.94 bits per heavy atom. The lowest BCUT2D eigenvalue weighted by molar-refractivity contribution is 0.565. The highest BCUT2D eigenvalue weighted by molar-refractivity contribution is 9.10. The van der Waals surface area contributed by atoms with Gasteiger partial charge in [0.2, 0.25) is 0 Å². The van der Waals surface area contributed by atoms with Gasteiger partial charge in [-0.25, -0.2) is 0 Å². The summed E-state index contributed by atoms with van der Waals surface area (Å²) in [5, 5.41) is 7.63. The van der Waals surface area contributed by atoms with Gasteiger partial charge in [-0.15, -0.1) is 11.3 Å². The fraction of sp³-hybridized carbons (Fsp3) is 0.400. The highest BCUT2D eigenvalue weighted by Gasteiger charge is 2.20. The fourth-order valence-corrected chi connectivity index (χ4v) is 2.95. The summed E-state index contributed by atoms with van der Waals surface area (Å²) in [6, 6.07) is 0.143. The first-order chi connectivity index (χ1) is 7.77. The lowest BCUT2D eigenvalue weighted by Crippen LogP contribution is -2.21. The summed E-state index contributed by atoms with van der Waals surface area (Å²) in [6.45, 7) is 2.94. The highest BCUT2D eigenvalue weighted by Crippen LogP contribution is 2.29. The van der Waals surface area contributed by atoms with Crippen LogP contribution < -0.4 is 5.32 Å². The Morgan fingerprint density at radius 1 is 1.56 bits per heavy atom. The quantitative estimate of drug-likeness (QED) is 0.943. The topological polar surface area (TPSA) is 42.7 Å². The lowest BCUT2D eigenvalue weighted by Gasteiger charge is -2.16. The molecule has 0 amide bonds. The molecule has 2 heterocycles. The van der Waals surface area contributed by atoms with Crippen LogP contribution in [0.1, 0.15) is 23.5 Å². The Kier molecular flexibility index (Phi) is 3.73. The molecule has 0 aromatic carbocycles. The zero-order chi connectivity index (χ0) is 11.5. The second-order valence-electron chi connectivity index (χ2n) is 3.32. The lowest BCUT2D eigenvalue weighted by atomic mass is 10.2. The number of hydrogen-bond acceptors (Lipinski definition) is 4. The molecule has 0 aliphatic heterocycles. The first-order valence-electron chi connectivity index (χ1n) is 5.04. The minimum Gasteiger partial charge on any atom is -0.307 e. The van der Waals surface area contributed by atoms with Gasteiger partial charge in [0, 0.05) is 17.6 Å². The smallest absolute Gasteiger partial charge is 0.0867 e. The summed E-state index contributed by atoms with van der Waals surface area (Å²) < 4.78 is 3.02. The predicted octanol–water partition coefficient (Wildman–Crippen LogP) is 2.43. The Labute approximate surface area is 107 Å². The summed E-state index contributed by atoms with van der Waals surface area (Å²) in [7, 11) is 1.95. The molecule has 0 aliphatic rings. The molecule has 0 fully saturated rings. The minimum absolute atomic E-state index is 0.143. The average Bonchev–Trinajstić information content (AvgIpc) is 2.91. The van der Waals surface area contributed by atoms with Crippen LogP contribution in [0.2, 0.25) is 0 Å². The van der Waals surface area contributed by atoms with E-state index in [0.29, 0.717) is 0 Å². The standard InChI is InChI=1S/C10H13BrN4S/c1-3-15-10(7(11)4-14-15)9(12-2)8-5-13-6-16-8/h4-6,9,12H,3H2,1-2H3. The van der Waals surface area contributed by atoms with Crippen LogP contribution in [-0.2, 0) is 6.54 Å². The molecule has 1 atom stereocenters. The zero-order valence-electron chi connectivity index (χ0n) is 9.14. The van der Waals surface area contributed by atoms with E-state index in [9.17, 15) is 0 Å². The third-order valence-corrected chi connectivity index (χ3v) is 3.88. The van der Waals surface area contributed by atoms with Crippen LogP contribution in [0, 0.1) is 0 Å². The van der Waals surface area contributed by atoms with E-state index in [2.05, 4.69) is 38.3 Å². The molecular formula is C10H13BrN4S. The van der Waals surface area contributed by atoms with E-state index >= 15 is 0 Å². The Hall–Kier alpha value is -0.720. The number of thiazole rings is 1. The summed E-state index contributed by atoms with van der Waals surface area (Å²) in [6.07, 6.45) is 3.73. The zero-order valence-corrected chi connectivity index (χ0v) is 11.5. The maximum absolute atomic E-state index is 4.33. The van der Waals surface area contributed by atoms with Crippen molar-refractivity contribution in [1.82, 2.24) is 20.1 Å². The molecule has 1 unspecified atom stereocenters. The first-order valence-corrected chi connectivity index (χ1v) is 6.72. The molecule has 2 aromatic heterocycles. The molecule has 0 bridgehead atoms. The van der Waals surface area contributed by atoms with Crippen molar-refractivity contribution in [2.24, 2.45) is 0 Å². The van der Waals surface area contributed by atoms with Crippen LogP contribution in [0.5, 0.6) is 0 Å². The van der Waals surface area contributed by atoms with Gasteiger partial charge in [-0.05, 0) is 29.9 Å². The summed E-state index contributed by atoms with van der Waals surface area (Å²) in [5.74, 6) is 0. The van der Waals surface area contributed by atoms with Gasteiger partial charge < -0.3 is 5.32 Å². The van der Waals surface area contributed by atoms with Crippen LogP contribution in [-0.4, -0.2) is 21.8 Å². The number of halogens is 1. The van der Waals surface area contributed by atoms with Gasteiger partial charge in [-0.3, -0.25) is 9.67 Å².